The van der Waals surface area contributed by atoms with Gasteiger partial charge in [-0.3, -0.25) is 4.79 Å². The predicted octanol–water partition coefficient (Wildman–Crippen LogP) is 2.94. The lowest BCUT2D eigenvalue weighted by Crippen LogP contribution is -2.32. The lowest BCUT2D eigenvalue weighted by atomic mass is 9.88. The molecule has 0 aliphatic rings. The SMILES string of the molecule is C#CC#CC#CC#CC#CC#CC#CC#CC#C[N+](C)(C)Cc1ccc(C(C)CC(CC)C(=O)OCCO)cc1. The molecule has 1 aromatic carbocycles. The highest BCUT2D eigenvalue weighted by Crippen LogP contribution is 2.26. The molecule has 0 saturated heterocycles. The molecule has 0 aliphatic heterocycles. The summed E-state index contributed by atoms with van der Waals surface area (Å²) in [6.45, 7) is 4.67. The molecular formula is C36H30NO3+. The number of nitrogens with zero attached hydrogens (tertiary/aromatic N) is 1. The Morgan fingerprint density at radius 1 is 0.850 bits per heavy atom. The van der Waals surface area contributed by atoms with Gasteiger partial charge in [0, 0.05) is 47.0 Å². The topological polar surface area (TPSA) is 46.5 Å². The van der Waals surface area contributed by atoms with Gasteiger partial charge in [0.15, 0.2) is 6.04 Å². The van der Waals surface area contributed by atoms with Crippen LogP contribution in [0.3, 0.4) is 0 Å². The van der Waals surface area contributed by atoms with Crippen LogP contribution in [0.4, 0.5) is 0 Å². The molecule has 4 heteroatoms. The average molecular weight is 525 g/mol. The fraction of sp³-hybridized carbons (Fsp3) is 0.306. The van der Waals surface area contributed by atoms with E-state index < -0.39 is 0 Å². The Labute approximate surface area is 239 Å². The highest BCUT2D eigenvalue weighted by Gasteiger charge is 2.22. The fourth-order valence-corrected chi connectivity index (χ4v) is 3.33. The summed E-state index contributed by atoms with van der Waals surface area (Å²) in [4.78, 5) is 12.2. The van der Waals surface area contributed by atoms with E-state index in [9.17, 15) is 4.79 Å². The van der Waals surface area contributed by atoms with E-state index in [0.717, 1.165) is 11.1 Å². The molecule has 2 unspecified atom stereocenters. The Bertz CT molecular complexity index is 1580. The van der Waals surface area contributed by atoms with Gasteiger partial charge in [0.25, 0.3) is 0 Å². The molecule has 0 heterocycles. The molecule has 0 saturated carbocycles. The van der Waals surface area contributed by atoms with Crippen LogP contribution in [0.1, 0.15) is 43.7 Å². The minimum absolute atomic E-state index is 0.0409. The largest absolute Gasteiger partial charge is 0.463 e. The zero-order valence-corrected chi connectivity index (χ0v) is 23.3. The molecule has 0 aliphatic carbocycles. The van der Waals surface area contributed by atoms with Crippen LogP contribution in [0.15, 0.2) is 24.3 Å². The first-order valence-electron chi connectivity index (χ1n) is 12.5. The third kappa shape index (κ3) is 15.0. The summed E-state index contributed by atoms with van der Waals surface area (Å²) in [6.07, 6.45) is 6.36. The highest BCUT2D eigenvalue weighted by atomic mass is 16.5. The first-order valence-corrected chi connectivity index (χ1v) is 12.5. The molecule has 0 spiro atoms. The van der Waals surface area contributed by atoms with Crippen LogP contribution < -0.4 is 0 Å². The fourth-order valence-electron chi connectivity index (χ4n) is 3.33. The number of esters is 1. The Morgan fingerprint density at radius 2 is 1.32 bits per heavy atom. The Balaban J connectivity index is 2.64. The van der Waals surface area contributed by atoms with Crippen molar-refractivity contribution in [2.75, 3.05) is 27.3 Å². The number of rotatable bonds is 9. The van der Waals surface area contributed by atoms with Gasteiger partial charge < -0.3 is 9.84 Å². The van der Waals surface area contributed by atoms with Crippen LogP contribution in [0, 0.1) is 113 Å². The number of quaternary nitrogens is 1. The first kappa shape index (κ1) is 32.7. The van der Waals surface area contributed by atoms with Crippen LogP contribution in [0.25, 0.3) is 0 Å². The van der Waals surface area contributed by atoms with E-state index >= 15 is 0 Å². The minimum atomic E-state index is -0.248. The molecule has 40 heavy (non-hydrogen) atoms. The van der Waals surface area contributed by atoms with Gasteiger partial charge in [-0.15, -0.1) is 6.42 Å². The average Bonchev–Trinajstić information content (AvgIpc) is 2.94. The molecular weight excluding hydrogens is 494 g/mol. The van der Waals surface area contributed by atoms with Crippen molar-refractivity contribution in [2.24, 2.45) is 5.92 Å². The van der Waals surface area contributed by atoms with Crippen LogP contribution in [-0.2, 0) is 16.1 Å². The molecule has 2 atom stereocenters. The lowest BCUT2D eigenvalue weighted by Gasteiger charge is -2.22. The van der Waals surface area contributed by atoms with Gasteiger partial charge in [0.05, 0.1) is 32.5 Å². The van der Waals surface area contributed by atoms with E-state index in [1.807, 2.05) is 21.0 Å². The summed E-state index contributed by atoms with van der Waals surface area (Å²) < 4.78 is 5.54. The van der Waals surface area contributed by atoms with E-state index in [1.165, 1.54) is 0 Å². The second kappa shape index (κ2) is 19.7. The van der Waals surface area contributed by atoms with E-state index in [0.29, 0.717) is 23.9 Å². The third-order valence-electron chi connectivity index (χ3n) is 5.23. The van der Waals surface area contributed by atoms with Crippen LogP contribution in [0.2, 0.25) is 0 Å². The number of carbonyl (C=O) groups excluding carboxylic acids is 1. The van der Waals surface area contributed by atoms with Crippen molar-refractivity contribution >= 4 is 5.97 Å². The summed E-state index contributed by atoms with van der Waals surface area (Å²) in [6, 6.07) is 11.5. The summed E-state index contributed by atoms with van der Waals surface area (Å²) in [5, 5.41) is 8.87. The number of ether oxygens (including phenoxy) is 1. The Kier molecular flexibility index (Phi) is 16.1. The number of hydrogen-bond acceptors (Lipinski definition) is 3. The number of aliphatic hydroxyl groups is 1. The Morgan fingerprint density at radius 3 is 1.77 bits per heavy atom. The van der Waals surface area contributed by atoms with E-state index in [1.54, 1.807) is 0 Å². The summed E-state index contributed by atoms with van der Waals surface area (Å²) in [5.74, 6) is 40.2. The predicted molar refractivity (Wildman–Crippen MR) is 158 cm³/mol. The van der Waals surface area contributed by atoms with Crippen LogP contribution in [-0.4, -0.2) is 42.9 Å². The normalized spacial score (nSPS) is 9.90. The molecule has 4 nitrogen and oxygen atoms in total. The maximum Gasteiger partial charge on any atom is 0.309 e. The molecule has 0 aromatic heterocycles. The van der Waals surface area contributed by atoms with Crippen molar-refractivity contribution < 1.29 is 19.1 Å². The van der Waals surface area contributed by atoms with Crippen molar-refractivity contribution in [3.05, 3.63) is 35.4 Å². The molecule has 0 radical (unpaired) electrons. The van der Waals surface area contributed by atoms with Gasteiger partial charge in [0.2, 0.25) is 0 Å². The van der Waals surface area contributed by atoms with Crippen molar-refractivity contribution in [3.63, 3.8) is 0 Å². The minimum Gasteiger partial charge on any atom is -0.463 e. The molecule has 0 amide bonds. The molecule has 196 valence electrons. The van der Waals surface area contributed by atoms with Crippen molar-refractivity contribution in [3.8, 4) is 107 Å². The maximum atomic E-state index is 12.2. The van der Waals surface area contributed by atoms with Crippen LogP contribution >= 0.6 is 0 Å². The second-order valence-electron chi connectivity index (χ2n) is 8.85. The van der Waals surface area contributed by atoms with E-state index in [2.05, 4.69) is 132 Å². The van der Waals surface area contributed by atoms with Gasteiger partial charge in [-0.1, -0.05) is 38.1 Å². The quantitative estimate of drug-likeness (QED) is 0.307. The van der Waals surface area contributed by atoms with Crippen LogP contribution in [0.5, 0.6) is 0 Å². The number of aliphatic hydroxyl groups excluding tert-OH is 1. The molecule has 1 N–H and O–H groups in total. The van der Waals surface area contributed by atoms with Gasteiger partial charge >= 0.3 is 5.97 Å². The molecule has 0 bridgehead atoms. The number of carbonyl (C=O) groups is 1. The smallest absolute Gasteiger partial charge is 0.309 e. The first-order chi connectivity index (χ1) is 19.3. The van der Waals surface area contributed by atoms with Gasteiger partial charge in [-0.05, 0) is 71.7 Å². The van der Waals surface area contributed by atoms with E-state index in [4.69, 9.17) is 16.3 Å². The monoisotopic (exact) mass is 524 g/mol. The molecule has 0 fully saturated rings. The van der Waals surface area contributed by atoms with Crippen molar-refractivity contribution in [2.45, 2.75) is 39.2 Å². The van der Waals surface area contributed by atoms with E-state index in [-0.39, 0.29) is 31.0 Å². The standard InChI is InChI=1S/C36H30NO3/c1-6-8-9-10-11-12-13-14-15-16-17-18-19-20-21-22-27-37(4,5)31-33-23-25-35(26-24-33)32(3)30-34(7-2)36(39)40-29-28-38/h1,23-26,32,34,38H,7,28-31H2,2-5H3/q+1. The number of terminal acetylenes is 1. The van der Waals surface area contributed by atoms with Gasteiger partial charge in [0.1, 0.15) is 13.2 Å². The molecule has 1 aromatic rings. The number of benzene rings is 1. The van der Waals surface area contributed by atoms with Gasteiger partial charge in [-0.2, -0.15) is 0 Å². The summed E-state index contributed by atoms with van der Waals surface area (Å²) >= 11 is 0. The summed E-state index contributed by atoms with van der Waals surface area (Å²) in [5.41, 5.74) is 2.31. The van der Waals surface area contributed by atoms with Gasteiger partial charge in [-0.25, -0.2) is 4.48 Å². The third-order valence-corrected chi connectivity index (χ3v) is 5.23. The zero-order valence-electron chi connectivity index (χ0n) is 23.3. The summed E-state index contributed by atoms with van der Waals surface area (Å²) in [7, 11) is 4.01. The maximum absolute atomic E-state index is 12.2. The van der Waals surface area contributed by atoms with Crippen molar-refractivity contribution in [1.29, 1.82) is 0 Å². The molecule has 1 rings (SSSR count). The lowest BCUT2D eigenvalue weighted by molar-refractivity contribution is -0.836. The highest BCUT2D eigenvalue weighted by molar-refractivity contribution is 5.72. The zero-order chi connectivity index (χ0) is 29.5. The van der Waals surface area contributed by atoms with Crippen molar-refractivity contribution in [1.82, 2.24) is 0 Å². The number of hydrogen-bond donors (Lipinski definition) is 1. The Hall–Kier alpha value is -5.35. The second-order valence-corrected chi connectivity index (χ2v) is 8.85.